The minimum atomic E-state index is -1.91. The van der Waals surface area contributed by atoms with Gasteiger partial charge in [-0.05, 0) is 36.1 Å². The van der Waals surface area contributed by atoms with Crippen LogP contribution in [0.3, 0.4) is 0 Å². The van der Waals surface area contributed by atoms with Crippen molar-refractivity contribution in [3.63, 3.8) is 0 Å². The molecule has 1 aromatic carbocycles. The lowest BCUT2D eigenvalue weighted by atomic mass is 10.1. The van der Waals surface area contributed by atoms with Crippen molar-refractivity contribution in [1.82, 2.24) is 0 Å². The molecule has 0 saturated heterocycles. The summed E-state index contributed by atoms with van der Waals surface area (Å²) in [7, 11) is -0.105. The minimum absolute atomic E-state index is 0.803. The number of hydrogen-bond acceptors (Lipinski definition) is 2. The highest BCUT2D eigenvalue weighted by molar-refractivity contribution is 6.67. The molecule has 0 aliphatic carbocycles. The van der Waals surface area contributed by atoms with Crippen LogP contribution in [0.1, 0.15) is 37.8 Å². The van der Waals surface area contributed by atoms with Gasteiger partial charge in [-0.2, -0.15) is 0 Å². The molecule has 0 N–H and O–H groups in total. The number of hydrogen-bond donors (Lipinski definition) is 0. The number of benzene rings is 1. The van der Waals surface area contributed by atoms with Crippen molar-refractivity contribution in [3.8, 4) is 0 Å². The number of aryl methyl sites for hydroxylation is 1. The molecule has 1 aromatic rings. The molecule has 0 spiro atoms. The third-order valence-corrected chi connectivity index (χ3v) is 7.55. The Balaban J connectivity index is 2.37. The quantitative estimate of drug-likeness (QED) is 0.455. The summed E-state index contributed by atoms with van der Waals surface area (Å²) in [6, 6.07) is 10.7. The summed E-state index contributed by atoms with van der Waals surface area (Å²) < 4.78 is 11.9. The molecule has 0 radical (unpaired) electrons. The van der Waals surface area contributed by atoms with Gasteiger partial charge in [-0.3, -0.25) is 0 Å². The van der Waals surface area contributed by atoms with Crippen LogP contribution in [-0.4, -0.2) is 22.3 Å². The third kappa shape index (κ3) is 5.23. The Kier molecular flexibility index (Phi) is 7.81. The van der Waals surface area contributed by atoms with Crippen LogP contribution >= 0.6 is 0 Å². The third-order valence-electron chi connectivity index (χ3n) is 3.73. The normalized spacial score (nSPS) is 13.9. The first kappa shape index (κ1) is 17.1. The Morgan fingerprint density at radius 3 is 2.40 bits per heavy atom. The lowest BCUT2D eigenvalue weighted by molar-refractivity contribution is 0.196. The molecule has 0 saturated carbocycles. The molecule has 112 valence electrons. The summed E-state index contributed by atoms with van der Waals surface area (Å²) in [5.74, 6) is 0. The minimum Gasteiger partial charge on any atom is -0.398 e. The molecular formula is C17H28O2Si. The smallest absolute Gasteiger partial charge is 0.337 e. The zero-order valence-electron chi connectivity index (χ0n) is 13.2. The predicted octanol–water partition coefficient (Wildman–Crippen LogP) is 4.80. The van der Waals surface area contributed by atoms with Gasteiger partial charge in [-0.15, -0.1) is 0 Å². The molecule has 2 nitrogen and oxygen atoms in total. The second kappa shape index (κ2) is 9.11. The molecule has 0 aromatic heterocycles. The lowest BCUT2D eigenvalue weighted by Crippen LogP contribution is -2.40. The zero-order valence-corrected chi connectivity index (χ0v) is 14.2. The highest BCUT2D eigenvalue weighted by Gasteiger charge is 2.32. The highest BCUT2D eigenvalue weighted by Crippen LogP contribution is 2.20. The first-order valence-corrected chi connectivity index (χ1v) is 9.83. The van der Waals surface area contributed by atoms with Crippen molar-refractivity contribution in [2.45, 2.75) is 45.2 Å². The Hall–Kier alpha value is -0.903. The summed E-state index contributed by atoms with van der Waals surface area (Å²) in [4.78, 5) is 0. The van der Waals surface area contributed by atoms with Crippen LogP contribution in [0, 0.1) is 0 Å². The van der Waals surface area contributed by atoms with Gasteiger partial charge in [-0.25, -0.2) is 0 Å². The van der Waals surface area contributed by atoms with Gasteiger partial charge >= 0.3 is 8.56 Å². The fourth-order valence-corrected chi connectivity index (χ4v) is 4.98. The summed E-state index contributed by atoms with van der Waals surface area (Å²) in [6.45, 7) is 8.95. The predicted molar refractivity (Wildman–Crippen MR) is 89.1 cm³/mol. The fourth-order valence-electron chi connectivity index (χ4n) is 2.39. The van der Waals surface area contributed by atoms with E-state index in [2.05, 4.69) is 44.7 Å². The molecule has 0 heterocycles. The van der Waals surface area contributed by atoms with Gasteiger partial charge in [0.2, 0.25) is 0 Å². The molecule has 0 bridgehead atoms. The van der Waals surface area contributed by atoms with Gasteiger partial charge in [0.05, 0.1) is 0 Å². The molecule has 0 aliphatic rings. The summed E-state index contributed by atoms with van der Waals surface area (Å²) in [6.07, 6.45) is 5.12. The first-order valence-electron chi connectivity index (χ1n) is 7.60. The van der Waals surface area contributed by atoms with Crippen LogP contribution < -0.4 is 0 Å². The van der Waals surface area contributed by atoms with Crippen molar-refractivity contribution >= 4 is 14.6 Å². The lowest BCUT2D eigenvalue weighted by Gasteiger charge is -2.27. The maximum atomic E-state index is 6.14. The van der Waals surface area contributed by atoms with E-state index in [0.717, 1.165) is 38.0 Å². The van der Waals surface area contributed by atoms with Gasteiger partial charge in [0, 0.05) is 13.7 Å². The van der Waals surface area contributed by atoms with Crippen molar-refractivity contribution < 1.29 is 8.85 Å². The van der Waals surface area contributed by atoms with Gasteiger partial charge < -0.3 is 8.85 Å². The van der Waals surface area contributed by atoms with Gasteiger partial charge in [0.15, 0.2) is 0 Å². The molecule has 1 atom stereocenters. The average molecular weight is 292 g/mol. The fraction of sp³-hybridized carbons (Fsp3) is 0.529. The molecule has 20 heavy (non-hydrogen) atoms. The summed E-state index contributed by atoms with van der Waals surface area (Å²) >= 11 is 0. The van der Waals surface area contributed by atoms with Crippen molar-refractivity contribution in [2.24, 2.45) is 0 Å². The summed E-state index contributed by atoms with van der Waals surface area (Å²) in [5, 5.41) is 0. The maximum absolute atomic E-state index is 6.14. The Bertz CT molecular complexity index is 382. The van der Waals surface area contributed by atoms with E-state index in [1.165, 1.54) is 11.1 Å². The monoisotopic (exact) mass is 292 g/mol. The molecule has 0 aliphatic heterocycles. The summed E-state index contributed by atoms with van der Waals surface area (Å²) in [5.41, 5.74) is 2.53. The van der Waals surface area contributed by atoms with Crippen LogP contribution in [0.2, 0.25) is 12.1 Å². The van der Waals surface area contributed by atoms with Gasteiger partial charge in [0.25, 0.3) is 0 Å². The second-order valence-corrected chi connectivity index (χ2v) is 8.84. The van der Waals surface area contributed by atoms with Crippen molar-refractivity contribution in [1.29, 1.82) is 0 Å². The van der Waals surface area contributed by atoms with E-state index in [1.54, 1.807) is 7.11 Å². The molecule has 3 heteroatoms. The van der Waals surface area contributed by atoms with E-state index in [-0.39, 0.29) is 0 Å². The van der Waals surface area contributed by atoms with E-state index in [0.29, 0.717) is 0 Å². The van der Waals surface area contributed by atoms with E-state index >= 15 is 0 Å². The highest BCUT2D eigenvalue weighted by atomic mass is 28.4. The molecule has 0 fully saturated rings. The van der Waals surface area contributed by atoms with Crippen LogP contribution in [-0.2, 0) is 15.3 Å². The van der Waals surface area contributed by atoms with Crippen LogP contribution in [0.25, 0.3) is 6.08 Å². The molecule has 0 amide bonds. The number of rotatable bonds is 10. The van der Waals surface area contributed by atoms with Gasteiger partial charge in [0.1, 0.15) is 0 Å². The van der Waals surface area contributed by atoms with Gasteiger partial charge in [-0.1, -0.05) is 57.2 Å². The SMILES string of the molecule is C=Cc1ccc(CCCO[Si](CC)(CCC)OC)cc1. The van der Waals surface area contributed by atoms with E-state index < -0.39 is 8.56 Å². The Labute approximate surface area is 125 Å². The standard InChI is InChI=1S/C17H28O2Si/c1-5-15-20(7-3,18-4)19-14-8-9-17-12-10-16(6-2)11-13-17/h6,10-13H,2,5,7-9,14-15H2,1,3-4H3. The first-order chi connectivity index (χ1) is 9.69. The van der Waals surface area contributed by atoms with E-state index in [1.807, 2.05) is 6.08 Å². The average Bonchev–Trinajstić information content (AvgIpc) is 2.51. The van der Waals surface area contributed by atoms with E-state index in [4.69, 9.17) is 8.85 Å². The van der Waals surface area contributed by atoms with Crippen LogP contribution in [0.5, 0.6) is 0 Å². The van der Waals surface area contributed by atoms with Crippen LogP contribution in [0.4, 0.5) is 0 Å². The largest absolute Gasteiger partial charge is 0.398 e. The van der Waals surface area contributed by atoms with Crippen molar-refractivity contribution in [2.75, 3.05) is 13.7 Å². The Morgan fingerprint density at radius 2 is 1.90 bits per heavy atom. The zero-order chi connectivity index (χ0) is 14.8. The maximum Gasteiger partial charge on any atom is 0.337 e. The molecular weight excluding hydrogens is 264 g/mol. The van der Waals surface area contributed by atoms with E-state index in [9.17, 15) is 0 Å². The molecule has 1 rings (SSSR count). The topological polar surface area (TPSA) is 18.5 Å². The van der Waals surface area contributed by atoms with Crippen LogP contribution in [0.15, 0.2) is 30.8 Å². The second-order valence-electron chi connectivity index (χ2n) is 5.12. The van der Waals surface area contributed by atoms with Crippen molar-refractivity contribution in [3.05, 3.63) is 42.0 Å². The molecule has 1 unspecified atom stereocenters. The Morgan fingerprint density at radius 1 is 1.20 bits per heavy atom.